The molecule has 0 atom stereocenters. The number of rotatable bonds is 4. The molecule has 0 unspecified atom stereocenters. The smallest absolute Gasteiger partial charge is 0.425 e. The summed E-state index contributed by atoms with van der Waals surface area (Å²) in [6.07, 6.45) is -0.318. The summed E-state index contributed by atoms with van der Waals surface area (Å²) in [6.45, 7) is 3.81. The minimum Gasteiger partial charge on any atom is -0.481 e. The van der Waals surface area contributed by atoms with Gasteiger partial charge in [0.25, 0.3) is 0 Å². The summed E-state index contributed by atoms with van der Waals surface area (Å²) in [5.41, 5.74) is 2.02. The fourth-order valence-corrected chi connectivity index (χ4v) is 3.01. The number of hydrogen-bond acceptors (Lipinski definition) is 8. The second kappa shape index (κ2) is 7.67. The minimum atomic E-state index is -0.917. The van der Waals surface area contributed by atoms with Crippen molar-refractivity contribution in [2.45, 2.75) is 26.7 Å². The van der Waals surface area contributed by atoms with E-state index in [1.165, 1.54) is 21.3 Å². The van der Waals surface area contributed by atoms with Crippen molar-refractivity contribution in [3.63, 3.8) is 0 Å². The molecule has 28 heavy (non-hydrogen) atoms. The van der Waals surface area contributed by atoms with Crippen molar-refractivity contribution in [3.8, 4) is 5.88 Å². The maximum atomic E-state index is 12.3. The molecule has 3 aromatic rings. The number of imide groups is 1. The Hall–Kier alpha value is -3.43. The molecule has 3 rings (SSSR count). The first-order chi connectivity index (χ1) is 13.5. The lowest BCUT2D eigenvalue weighted by Gasteiger charge is -2.19. The number of imidazole rings is 1. The normalized spacial score (nSPS) is 10.9. The van der Waals surface area contributed by atoms with Gasteiger partial charge in [-0.3, -0.25) is 4.40 Å². The van der Waals surface area contributed by atoms with Gasteiger partial charge in [-0.05, 0) is 19.4 Å². The number of fused-ring (bicyclic) bond motifs is 3. The lowest BCUT2D eigenvalue weighted by molar-refractivity contribution is 0.159. The summed E-state index contributed by atoms with van der Waals surface area (Å²) >= 11 is 0. The van der Waals surface area contributed by atoms with Gasteiger partial charge >= 0.3 is 12.2 Å². The third kappa shape index (κ3) is 3.06. The molecule has 0 aliphatic rings. The van der Waals surface area contributed by atoms with Gasteiger partial charge in [0.1, 0.15) is 16.9 Å². The monoisotopic (exact) mass is 387 g/mol. The molecule has 3 aromatic heterocycles. The van der Waals surface area contributed by atoms with Gasteiger partial charge in [-0.1, -0.05) is 6.92 Å². The van der Waals surface area contributed by atoms with Crippen LogP contribution in [0.1, 0.15) is 24.9 Å². The van der Waals surface area contributed by atoms with Crippen molar-refractivity contribution in [1.82, 2.24) is 19.4 Å². The van der Waals surface area contributed by atoms with Gasteiger partial charge in [0, 0.05) is 12.5 Å². The highest BCUT2D eigenvalue weighted by Crippen LogP contribution is 2.30. The van der Waals surface area contributed by atoms with Crippen LogP contribution in [0.3, 0.4) is 0 Å². The van der Waals surface area contributed by atoms with Gasteiger partial charge in [-0.15, -0.1) is 0 Å². The van der Waals surface area contributed by atoms with E-state index in [0.717, 1.165) is 17.1 Å². The van der Waals surface area contributed by atoms with E-state index in [9.17, 15) is 9.59 Å². The molecule has 0 bridgehead atoms. The molecule has 0 saturated carbocycles. The first-order valence-electron chi connectivity index (χ1n) is 8.65. The number of aryl methyl sites for hydroxylation is 2. The van der Waals surface area contributed by atoms with Crippen LogP contribution in [-0.2, 0) is 15.9 Å². The molecule has 0 radical (unpaired) electrons. The molecule has 3 heterocycles. The van der Waals surface area contributed by atoms with Crippen LogP contribution in [0.15, 0.2) is 12.1 Å². The second-order valence-electron chi connectivity index (χ2n) is 5.95. The summed E-state index contributed by atoms with van der Waals surface area (Å²) in [7, 11) is 3.87. The van der Waals surface area contributed by atoms with Crippen molar-refractivity contribution in [3.05, 3.63) is 23.7 Å². The van der Waals surface area contributed by atoms with Crippen LogP contribution in [0.4, 0.5) is 15.4 Å². The molecule has 2 amide bonds. The van der Waals surface area contributed by atoms with Gasteiger partial charge in [0.05, 0.1) is 27.0 Å². The highest BCUT2D eigenvalue weighted by Gasteiger charge is 2.31. The van der Waals surface area contributed by atoms with Gasteiger partial charge in [0.2, 0.25) is 5.88 Å². The minimum absolute atomic E-state index is 0.0607. The van der Waals surface area contributed by atoms with Crippen molar-refractivity contribution < 1.29 is 23.8 Å². The van der Waals surface area contributed by atoms with E-state index in [0.29, 0.717) is 34.7 Å². The number of ether oxygens (including phenoxy) is 3. The maximum Gasteiger partial charge on any atom is 0.425 e. The average molecular weight is 387 g/mol. The molecule has 10 heteroatoms. The van der Waals surface area contributed by atoms with Crippen LogP contribution >= 0.6 is 0 Å². The van der Waals surface area contributed by atoms with Crippen LogP contribution in [-0.4, -0.2) is 52.9 Å². The van der Waals surface area contributed by atoms with Crippen molar-refractivity contribution in [2.24, 2.45) is 0 Å². The van der Waals surface area contributed by atoms with Crippen molar-refractivity contribution >= 4 is 34.7 Å². The van der Waals surface area contributed by atoms with Crippen molar-refractivity contribution in [2.75, 3.05) is 26.2 Å². The molecule has 0 N–H and O–H groups in total. The lowest BCUT2D eigenvalue weighted by Crippen LogP contribution is -2.38. The third-order valence-corrected chi connectivity index (χ3v) is 4.21. The standard InChI is InChI=1S/C18H21N5O5/c1-6-7-12-19-10(2)14-16(23(17(24)27-4)18(25)28-5)20-11-8-9-13(26-3)21-15(11)22(12)14/h8-9H,6-7H2,1-5H3. The Bertz CT molecular complexity index is 1050. The molecule has 0 saturated heterocycles. The highest BCUT2D eigenvalue weighted by atomic mass is 16.6. The predicted molar refractivity (Wildman–Crippen MR) is 101 cm³/mol. The van der Waals surface area contributed by atoms with E-state index in [4.69, 9.17) is 14.2 Å². The Kier molecular flexibility index (Phi) is 5.30. The number of methoxy groups -OCH3 is 3. The first-order valence-corrected chi connectivity index (χ1v) is 8.65. The Morgan fingerprint density at radius 3 is 2.32 bits per heavy atom. The Morgan fingerprint density at radius 2 is 1.75 bits per heavy atom. The van der Waals surface area contributed by atoms with Gasteiger partial charge < -0.3 is 14.2 Å². The molecular formula is C18H21N5O5. The van der Waals surface area contributed by atoms with Crippen LogP contribution in [0, 0.1) is 6.92 Å². The summed E-state index contributed by atoms with van der Waals surface area (Å²) in [5.74, 6) is 1.21. The fourth-order valence-electron chi connectivity index (χ4n) is 3.01. The van der Waals surface area contributed by atoms with Crippen LogP contribution in [0.2, 0.25) is 0 Å². The molecule has 148 valence electrons. The SMILES string of the molecule is CCCc1nc(C)c2c(N(C(=O)OC)C(=O)OC)nc3ccc(OC)nc3n12. The van der Waals surface area contributed by atoms with E-state index >= 15 is 0 Å². The van der Waals surface area contributed by atoms with E-state index < -0.39 is 12.2 Å². The molecule has 0 aliphatic carbocycles. The number of carbonyl (C=O) groups is 2. The molecule has 0 aliphatic heterocycles. The van der Waals surface area contributed by atoms with Gasteiger partial charge in [0.15, 0.2) is 11.5 Å². The molecule has 10 nitrogen and oxygen atoms in total. The lowest BCUT2D eigenvalue weighted by atomic mass is 10.3. The zero-order valence-corrected chi connectivity index (χ0v) is 16.3. The number of pyridine rings is 1. The Labute approximate surface area is 161 Å². The van der Waals surface area contributed by atoms with Crippen LogP contribution in [0.5, 0.6) is 5.88 Å². The Morgan fingerprint density at radius 1 is 1.07 bits per heavy atom. The zero-order chi connectivity index (χ0) is 20.4. The number of nitrogens with zero attached hydrogens (tertiary/aromatic N) is 5. The molecular weight excluding hydrogens is 366 g/mol. The topological polar surface area (TPSA) is 108 Å². The summed E-state index contributed by atoms with van der Waals surface area (Å²) in [6, 6.07) is 3.34. The Balaban J connectivity index is 2.45. The van der Waals surface area contributed by atoms with E-state index in [1.54, 1.807) is 23.5 Å². The number of anilines is 1. The summed E-state index contributed by atoms with van der Waals surface area (Å²) in [5, 5.41) is 0. The van der Waals surface area contributed by atoms with Crippen molar-refractivity contribution in [1.29, 1.82) is 0 Å². The molecule has 0 spiro atoms. The van der Waals surface area contributed by atoms with Gasteiger partial charge in [-0.25, -0.2) is 19.6 Å². The summed E-state index contributed by atoms with van der Waals surface area (Å²) < 4.78 is 16.5. The average Bonchev–Trinajstić information content (AvgIpc) is 3.04. The quantitative estimate of drug-likeness (QED) is 0.672. The van der Waals surface area contributed by atoms with Crippen LogP contribution < -0.4 is 9.64 Å². The first kappa shape index (κ1) is 19.3. The van der Waals surface area contributed by atoms with Gasteiger partial charge in [-0.2, -0.15) is 9.88 Å². The number of amides is 2. The predicted octanol–water partition coefficient (Wildman–Crippen LogP) is 2.89. The van der Waals surface area contributed by atoms with E-state index in [-0.39, 0.29) is 5.82 Å². The molecule has 0 aromatic carbocycles. The fraction of sp³-hybridized carbons (Fsp3) is 0.389. The van der Waals surface area contributed by atoms with Crippen LogP contribution in [0.25, 0.3) is 16.7 Å². The highest BCUT2D eigenvalue weighted by molar-refractivity contribution is 6.12. The number of hydrogen-bond donors (Lipinski definition) is 0. The summed E-state index contributed by atoms with van der Waals surface area (Å²) in [4.78, 5) is 39.0. The largest absolute Gasteiger partial charge is 0.481 e. The second-order valence-corrected chi connectivity index (χ2v) is 5.95. The van der Waals surface area contributed by atoms with E-state index in [1.807, 2.05) is 6.92 Å². The van der Waals surface area contributed by atoms with E-state index in [2.05, 4.69) is 15.0 Å². The third-order valence-electron chi connectivity index (χ3n) is 4.21. The number of aromatic nitrogens is 4. The molecule has 0 fully saturated rings. The maximum absolute atomic E-state index is 12.3. The zero-order valence-electron chi connectivity index (χ0n) is 16.3. The number of carbonyl (C=O) groups excluding carboxylic acids is 2.